The normalized spacial score (nSPS) is 20.0. The number of allylic oxidation sites excluding steroid dienone is 1. The first-order valence-corrected chi connectivity index (χ1v) is 9.25. The zero-order chi connectivity index (χ0) is 20.5. The van der Waals surface area contributed by atoms with E-state index in [0.29, 0.717) is 13.0 Å². The van der Waals surface area contributed by atoms with Gasteiger partial charge in [0.05, 0.1) is 17.7 Å². The van der Waals surface area contributed by atoms with E-state index in [4.69, 9.17) is 10.2 Å². The average molecular weight is 381 g/mol. The summed E-state index contributed by atoms with van der Waals surface area (Å²) in [4.78, 5) is 18.3. The number of para-hydroxylation sites is 1. The molecule has 1 aliphatic rings. The fraction of sp³-hybridized carbons (Fsp3) is 0.364. The average Bonchev–Trinajstić information content (AvgIpc) is 2.95. The van der Waals surface area contributed by atoms with E-state index in [1.165, 1.54) is 6.08 Å². The first-order valence-electron chi connectivity index (χ1n) is 9.25. The molecule has 0 bridgehead atoms. The summed E-state index contributed by atoms with van der Waals surface area (Å²) in [6, 6.07) is 7.83. The second kappa shape index (κ2) is 7.37. The number of furan rings is 1. The molecule has 6 heteroatoms. The summed E-state index contributed by atoms with van der Waals surface area (Å²) in [6.07, 6.45) is 6.81. The molecule has 0 fully saturated rings. The van der Waals surface area contributed by atoms with Gasteiger partial charge in [-0.25, -0.2) is 0 Å². The highest BCUT2D eigenvalue weighted by Gasteiger charge is 2.40. The Labute approximate surface area is 165 Å². The lowest BCUT2D eigenvalue weighted by Gasteiger charge is -2.38. The smallest absolute Gasteiger partial charge is 0.246 e. The van der Waals surface area contributed by atoms with Gasteiger partial charge in [0, 0.05) is 36.5 Å². The van der Waals surface area contributed by atoms with E-state index in [9.17, 15) is 9.90 Å². The molecule has 6 nitrogen and oxygen atoms in total. The van der Waals surface area contributed by atoms with Crippen LogP contribution in [0.25, 0.3) is 11.0 Å². The topological polar surface area (TPSA) is 92.1 Å². The third-order valence-electron chi connectivity index (χ3n) is 5.32. The summed E-state index contributed by atoms with van der Waals surface area (Å²) >= 11 is 0. The van der Waals surface area contributed by atoms with Gasteiger partial charge in [-0.1, -0.05) is 24.3 Å². The van der Waals surface area contributed by atoms with Crippen LogP contribution in [0.5, 0.6) is 0 Å². The Kier molecular flexibility index (Phi) is 5.28. The monoisotopic (exact) mass is 381 g/mol. The van der Waals surface area contributed by atoms with Gasteiger partial charge in [0.1, 0.15) is 11.3 Å². The molecule has 0 radical (unpaired) electrons. The number of aliphatic hydroxyl groups is 1. The van der Waals surface area contributed by atoms with Gasteiger partial charge < -0.3 is 20.2 Å². The molecule has 1 atom stereocenters. The van der Waals surface area contributed by atoms with Crippen molar-refractivity contribution in [2.75, 3.05) is 7.05 Å². The third kappa shape index (κ3) is 3.93. The highest BCUT2D eigenvalue weighted by atomic mass is 16.3. The number of nitrogens with two attached hydrogens (primary N) is 1. The zero-order valence-corrected chi connectivity index (χ0v) is 16.8. The van der Waals surface area contributed by atoms with Crippen LogP contribution in [-0.2, 0) is 11.3 Å². The van der Waals surface area contributed by atoms with Crippen molar-refractivity contribution >= 4 is 23.1 Å². The van der Waals surface area contributed by atoms with E-state index in [1.807, 2.05) is 31.2 Å². The second-order valence-corrected chi connectivity index (χ2v) is 7.93. The summed E-state index contributed by atoms with van der Waals surface area (Å²) in [7, 11) is 1.73. The lowest BCUT2D eigenvalue weighted by Crippen LogP contribution is -2.59. The fourth-order valence-electron chi connectivity index (χ4n) is 3.15. The number of carbonyl (C=O) groups is 1. The molecule has 1 aliphatic heterocycles. The van der Waals surface area contributed by atoms with Crippen LogP contribution < -0.4 is 5.73 Å². The van der Waals surface area contributed by atoms with Gasteiger partial charge in [0.15, 0.2) is 0 Å². The molecule has 1 aromatic carbocycles. The van der Waals surface area contributed by atoms with Crippen molar-refractivity contribution in [1.29, 1.82) is 0 Å². The van der Waals surface area contributed by atoms with Crippen LogP contribution in [-0.4, -0.2) is 40.3 Å². The van der Waals surface area contributed by atoms with Crippen LogP contribution in [0.2, 0.25) is 0 Å². The maximum absolute atomic E-state index is 12.5. The number of nitrogens with zero attached hydrogens (tertiary/aromatic N) is 2. The van der Waals surface area contributed by atoms with Crippen LogP contribution in [0.1, 0.15) is 31.6 Å². The Hall–Kier alpha value is -2.70. The minimum Gasteiger partial charge on any atom is -0.459 e. The molecule has 0 aliphatic carbocycles. The van der Waals surface area contributed by atoms with E-state index in [0.717, 1.165) is 27.9 Å². The number of carbonyl (C=O) groups excluding carboxylic acids is 1. The third-order valence-corrected chi connectivity index (χ3v) is 5.32. The molecule has 2 heterocycles. The predicted molar refractivity (Wildman–Crippen MR) is 111 cm³/mol. The Bertz CT molecular complexity index is 979. The van der Waals surface area contributed by atoms with E-state index in [1.54, 1.807) is 44.3 Å². The van der Waals surface area contributed by atoms with Crippen LogP contribution in [0, 0.1) is 6.92 Å². The Balaban J connectivity index is 1.68. The first-order chi connectivity index (χ1) is 13.1. The molecule has 3 rings (SSSR count). The van der Waals surface area contributed by atoms with Crippen LogP contribution >= 0.6 is 0 Å². The summed E-state index contributed by atoms with van der Waals surface area (Å²) in [5.74, 6) is 0.621. The molecule has 0 spiro atoms. The number of amides is 1. The van der Waals surface area contributed by atoms with Crippen molar-refractivity contribution in [1.82, 2.24) is 4.90 Å². The summed E-state index contributed by atoms with van der Waals surface area (Å²) < 4.78 is 5.89. The van der Waals surface area contributed by atoms with Gasteiger partial charge in [0.25, 0.3) is 0 Å². The van der Waals surface area contributed by atoms with Crippen molar-refractivity contribution in [2.45, 2.75) is 44.9 Å². The van der Waals surface area contributed by atoms with Crippen LogP contribution in [0.4, 0.5) is 0 Å². The largest absolute Gasteiger partial charge is 0.459 e. The minimum absolute atomic E-state index is 0.152. The quantitative estimate of drug-likeness (QED) is 0.779. The minimum atomic E-state index is -1.12. The highest BCUT2D eigenvalue weighted by molar-refractivity contribution is 5.88. The van der Waals surface area contributed by atoms with Gasteiger partial charge in [-0.3, -0.25) is 9.79 Å². The molecule has 28 heavy (non-hydrogen) atoms. The Morgan fingerprint density at radius 3 is 2.82 bits per heavy atom. The second-order valence-electron chi connectivity index (χ2n) is 7.93. The number of benzene rings is 1. The number of hydrogen-bond donors (Lipinski definition) is 2. The Morgan fingerprint density at radius 1 is 1.43 bits per heavy atom. The van der Waals surface area contributed by atoms with Gasteiger partial charge in [-0.05, 0) is 38.8 Å². The standard InChI is InChI=1S/C22H27N3O3/c1-15-17-7-5-6-8-18(17)28-19(15)13-25(4)20(26)10-9-16-11-22(23,14-24-12-16)21(2,3)27/h5-10,12,14,27H,11,13,23H2,1-4H3. The number of aryl methyl sites for hydroxylation is 1. The van der Waals surface area contributed by atoms with Crippen LogP contribution in [0.3, 0.4) is 0 Å². The van der Waals surface area contributed by atoms with E-state index < -0.39 is 11.1 Å². The molecular formula is C22H27N3O3. The molecule has 148 valence electrons. The predicted octanol–water partition coefficient (Wildman–Crippen LogP) is 3.08. The van der Waals surface area contributed by atoms with Gasteiger partial charge in [-0.15, -0.1) is 0 Å². The van der Waals surface area contributed by atoms with E-state index in [2.05, 4.69) is 4.99 Å². The molecule has 1 unspecified atom stereocenters. The SMILES string of the molecule is Cc1c(CN(C)C(=O)C=CC2=CN=CC(N)(C(C)(C)O)C2)oc2ccccc12. The molecular weight excluding hydrogens is 354 g/mol. The van der Waals surface area contributed by atoms with Gasteiger partial charge in [0.2, 0.25) is 5.91 Å². The summed E-state index contributed by atoms with van der Waals surface area (Å²) in [5.41, 5.74) is 6.83. The van der Waals surface area contributed by atoms with E-state index in [-0.39, 0.29) is 5.91 Å². The van der Waals surface area contributed by atoms with Crippen molar-refractivity contribution < 1.29 is 14.3 Å². The van der Waals surface area contributed by atoms with Crippen LogP contribution in [0.15, 0.2) is 57.6 Å². The van der Waals surface area contributed by atoms with Crippen molar-refractivity contribution in [3.63, 3.8) is 0 Å². The summed E-state index contributed by atoms with van der Waals surface area (Å²) in [6.45, 7) is 5.68. The molecule has 1 amide bonds. The highest BCUT2D eigenvalue weighted by Crippen LogP contribution is 2.28. The maximum Gasteiger partial charge on any atom is 0.246 e. The zero-order valence-electron chi connectivity index (χ0n) is 16.8. The number of rotatable bonds is 5. The number of likely N-dealkylation sites (N-methyl/N-ethyl adjacent to an activating group) is 1. The van der Waals surface area contributed by atoms with Gasteiger partial charge >= 0.3 is 0 Å². The molecule has 0 saturated carbocycles. The van der Waals surface area contributed by atoms with Gasteiger partial charge in [-0.2, -0.15) is 0 Å². The molecule has 1 aromatic heterocycles. The van der Waals surface area contributed by atoms with E-state index >= 15 is 0 Å². The maximum atomic E-state index is 12.5. The lowest BCUT2D eigenvalue weighted by atomic mass is 9.78. The van der Waals surface area contributed by atoms with Crippen molar-refractivity contribution in [2.24, 2.45) is 10.7 Å². The molecule has 0 saturated heterocycles. The van der Waals surface area contributed by atoms with Crippen molar-refractivity contribution in [3.8, 4) is 0 Å². The van der Waals surface area contributed by atoms with Crippen molar-refractivity contribution in [3.05, 3.63) is 59.5 Å². The fourth-order valence-corrected chi connectivity index (χ4v) is 3.15. The molecule has 3 N–H and O–H groups in total. The number of aliphatic imine (C=N–C) groups is 1. The first kappa shape index (κ1) is 20.0. The summed E-state index contributed by atoms with van der Waals surface area (Å²) in [5, 5.41) is 11.3. The number of hydrogen-bond acceptors (Lipinski definition) is 5. The lowest BCUT2D eigenvalue weighted by molar-refractivity contribution is -0.125. The Morgan fingerprint density at radius 2 is 2.14 bits per heavy atom. The number of fused-ring (bicyclic) bond motifs is 1. The molecule has 2 aromatic rings.